The molecule has 0 aliphatic carbocycles. The monoisotopic (exact) mass is 454 g/mol. The third kappa shape index (κ3) is 5.73. The minimum atomic E-state index is -0.0767. The number of fused-ring (bicyclic) bond motifs is 1. The molecule has 33 heavy (non-hydrogen) atoms. The van der Waals surface area contributed by atoms with Crippen LogP contribution in [0.3, 0.4) is 0 Å². The van der Waals surface area contributed by atoms with Gasteiger partial charge in [-0.1, -0.05) is 19.1 Å². The number of hydrogen-bond donors (Lipinski definition) is 1. The van der Waals surface area contributed by atoms with E-state index in [4.69, 9.17) is 0 Å². The normalized spacial score (nSPS) is 18.7. The smallest absolute Gasteiger partial charge is 0.293 e. The molecule has 1 N–H and O–H groups in total. The molecule has 2 saturated heterocycles. The van der Waals surface area contributed by atoms with Crippen molar-refractivity contribution < 1.29 is 4.79 Å². The molecule has 2 aliphatic heterocycles. The van der Waals surface area contributed by atoms with Gasteiger partial charge in [-0.05, 0) is 50.9 Å². The Morgan fingerprint density at radius 2 is 1.70 bits per heavy atom. The Bertz CT molecular complexity index is 990. The molecule has 1 amide bonds. The van der Waals surface area contributed by atoms with E-state index in [9.17, 15) is 9.59 Å². The van der Waals surface area contributed by atoms with Crippen molar-refractivity contribution in [3.63, 3.8) is 0 Å². The number of amides is 1. The number of hydrogen-bond acceptors (Lipinski definition) is 6. The summed E-state index contributed by atoms with van der Waals surface area (Å²) in [5, 5.41) is 3.14. The summed E-state index contributed by atoms with van der Waals surface area (Å²) in [4.78, 5) is 37.2. The number of piperazine rings is 1. The second-order valence-electron chi connectivity index (χ2n) is 9.38. The summed E-state index contributed by atoms with van der Waals surface area (Å²) in [6, 6.07) is 7.70. The Balaban J connectivity index is 1.20. The van der Waals surface area contributed by atoms with Gasteiger partial charge in [-0.2, -0.15) is 0 Å². The maximum absolute atomic E-state index is 12.8. The number of benzene rings is 1. The minimum Gasteiger partial charge on any atom is -0.356 e. The molecular formula is C25H38N6O2. The van der Waals surface area contributed by atoms with E-state index in [1.807, 2.05) is 29.2 Å². The van der Waals surface area contributed by atoms with E-state index in [0.717, 1.165) is 69.6 Å². The van der Waals surface area contributed by atoms with Crippen LogP contribution in [0.25, 0.3) is 11.0 Å². The van der Waals surface area contributed by atoms with Crippen molar-refractivity contribution in [1.29, 1.82) is 0 Å². The Kier molecular flexibility index (Phi) is 7.98. The van der Waals surface area contributed by atoms with Crippen LogP contribution in [0.4, 0.5) is 5.82 Å². The first-order chi connectivity index (χ1) is 16.1. The Labute approximate surface area is 196 Å². The van der Waals surface area contributed by atoms with Gasteiger partial charge < -0.3 is 24.6 Å². The lowest BCUT2D eigenvalue weighted by atomic mass is 9.96. The zero-order valence-electron chi connectivity index (χ0n) is 20.1. The SMILES string of the molecule is CCCN1CCN(CCCNC(=O)C2CCN(c3nc4ccccc4n(C)c3=O)CC2)CC1. The van der Waals surface area contributed by atoms with Crippen LogP contribution in [0, 0.1) is 5.92 Å². The van der Waals surface area contributed by atoms with Gasteiger partial charge in [0.1, 0.15) is 0 Å². The van der Waals surface area contributed by atoms with Crippen molar-refractivity contribution in [1.82, 2.24) is 24.7 Å². The van der Waals surface area contributed by atoms with Crippen molar-refractivity contribution in [3.05, 3.63) is 34.6 Å². The van der Waals surface area contributed by atoms with Gasteiger partial charge in [0.2, 0.25) is 5.91 Å². The average molecular weight is 455 g/mol. The highest BCUT2D eigenvalue weighted by molar-refractivity contribution is 5.79. The van der Waals surface area contributed by atoms with Crippen molar-refractivity contribution in [2.24, 2.45) is 13.0 Å². The zero-order valence-corrected chi connectivity index (χ0v) is 20.1. The number of piperidine rings is 1. The van der Waals surface area contributed by atoms with Crippen LogP contribution in [0.15, 0.2) is 29.1 Å². The highest BCUT2D eigenvalue weighted by Gasteiger charge is 2.27. The van der Waals surface area contributed by atoms with E-state index in [0.29, 0.717) is 18.9 Å². The topological polar surface area (TPSA) is 73.7 Å². The molecule has 0 radical (unpaired) electrons. The molecule has 2 aromatic rings. The fourth-order valence-electron chi connectivity index (χ4n) is 5.03. The second-order valence-corrected chi connectivity index (χ2v) is 9.38. The first kappa shape index (κ1) is 23.7. The van der Waals surface area contributed by atoms with Crippen LogP contribution in [0.2, 0.25) is 0 Å². The molecule has 180 valence electrons. The lowest BCUT2D eigenvalue weighted by molar-refractivity contribution is -0.125. The van der Waals surface area contributed by atoms with Gasteiger partial charge in [0, 0.05) is 58.8 Å². The fraction of sp³-hybridized carbons (Fsp3) is 0.640. The number of carbonyl (C=O) groups excluding carboxylic acids is 1. The summed E-state index contributed by atoms with van der Waals surface area (Å²) in [6.45, 7) is 11.2. The quantitative estimate of drug-likeness (QED) is 0.612. The van der Waals surface area contributed by atoms with Crippen LogP contribution in [0.1, 0.15) is 32.6 Å². The fourth-order valence-corrected chi connectivity index (χ4v) is 5.03. The van der Waals surface area contributed by atoms with E-state index in [-0.39, 0.29) is 17.4 Å². The number of nitrogens with one attached hydrogen (secondary N) is 1. The molecule has 0 unspecified atom stereocenters. The van der Waals surface area contributed by atoms with Gasteiger partial charge in [0.05, 0.1) is 11.0 Å². The molecule has 3 heterocycles. The maximum Gasteiger partial charge on any atom is 0.293 e. The number of anilines is 1. The summed E-state index contributed by atoms with van der Waals surface area (Å²) in [7, 11) is 1.79. The van der Waals surface area contributed by atoms with E-state index < -0.39 is 0 Å². The first-order valence-corrected chi connectivity index (χ1v) is 12.5. The van der Waals surface area contributed by atoms with Crippen molar-refractivity contribution >= 4 is 22.8 Å². The van der Waals surface area contributed by atoms with E-state index in [1.54, 1.807) is 11.6 Å². The van der Waals surface area contributed by atoms with Crippen LogP contribution >= 0.6 is 0 Å². The van der Waals surface area contributed by atoms with E-state index in [2.05, 4.69) is 27.0 Å². The lowest BCUT2D eigenvalue weighted by Crippen LogP contribution is -2.47. The van der Waals surface area contributed by atoms with Gasteiger partial charge in [-0.15, -0.1) is 0 Å². The maximum atomic E-state index is 12.8. The lowest BCUT2D eigenvalue weighted by Gasteiger charge is -2.34. The third-order valence-corrected chi connectivity index (χ3v) is 7.09. The summed E-state index contributed by atoms with van der Waals surface area (Å²) in [5.74, 6) is 0.666. The Morgan fingerprint density at radius 3 is 2.39 bits per heavy atom. The van der Waals surface area contributed by atoms with Crippen LogP contribution < -0.4 is 15.8 Å². The summed E-state index contributed by atoms with van der Waals surface area (Å²) in [5.41, 5.74) is 1.58. The predicted molar refractivity (Wildman–Crippen MR) is 133 cm³/mol. The average Bonchev–Trinajstić information content (AvgIpc) is 2.85. The van der Waals surface area contributed by atoms with Crippen LogP contribution in [0.5, 0.6) is 0 Å². The summed E-state index contributed by atoms with van der Waals surface area (Å²) in [6.07, 6.45) is 3.72. The van der Waals surface area contributed by atoms with Crippen molar-refractivity contribution in [2.75, 3.05) is 63.8 Å². The molecule has 0 bridgehead atoms. The summed E-state index contributed by atoms with van der Waals surface area (Å²) < 4.78 is 1.67. The van der Waals surface area contributed by atoms with E-state index >= 15 is 0 Å². The molecule has 1 aromatic heterocycles. The van der Waals surface area contributed by atoms with Crippen molar-refractivity contribution in [3.8, 4) is 0 Å². The molecule has 0 saturated carbocycles. The molecule has 8 heteroatoms. The standard InChI is InChI=1S/C25H38N6O2/c1-3-12-29-16-18-30(19-17-29)13-6-11-26-24(32)20-9-14-31(15-10-20)23-25(33)28(2)22-8-5-4-7-21(22)27-23/h4-5,7-8,20H,3,6,9-19H2,1-2H3,(H,26,32). The minimum absolute atomic E-state index is 0.0168. The molecule has 8 nitrogen and oxygen atoms in total. The predicted octanol–water partition coefficient (Wildman–Crippen LogP) is 1.68. The van der Waals surface area contributed by atoms with E-state index in [1.165, 1.54) is 13.0 Å². The largest absolute Gasteiger partial charge is 0.356 e. The number of aryl methyl sites for hydroxylation is 1. The molecule has 4 rings (SSSR count). The van der Waals surface area contributed by atoms with Crippen LogP contribution in [-0.2, 0) is 11.8 Å². The first-order valence-electron chi connectivity index (χ1n) is 12.5. The number of aromatic nitrogens is 2. The molecule has 1 aromatic carbocycles. The van der Waals surface area contributed by atoms with Gasteiger partial charge in [-0.25, -0.2) is 4.98 Å². The number of rotatable bonds is 8. The van der Waals surface area contributed by atoms with Gasteiger partial charge in [0.25, 0.3) is 5.56 Å². The molecule has 0 spiro atoms. The second kappa shape index (κ2) is 11.1. The summed E-state index contributed by atoms with van der Waals surface area (Å²) >= 11 is 0. The van der Waals surface area contributed by atoms with Gasteiger partial charge in [-0.3, -0.25) is 9.59 Å². The number of carbonyl (C=O) groups is 1. The molecular weight excluding hydrogens is 416 g/mol. The Morgan fingerprint density at radius 1 is 1.03 bits per heavy atom. The highest BCUT2D eigenvalue weighted by Crippen LogP contribution is 2.21. The van der Waals surface area contributed by atoms with Gasteiger partial charge in [0.15, 0.2) is 5.82 Å². The molecule has 0 atom stereocenters. The highest BCUT2D eigenvalue weighted by atomic mass is 16.2. The number of para-hydroxylation sites is 2. The molecule has 2 aliphatic rings. The third-order valence-electron chi connectivity index (χ3n) is 7.09. The van der Waals surface area contributed by atoms with Gasteiger partial charge >= 0.3 is 0 Å². The van der Waals surface area contributed by atoms with Crippen molar-refractivity contribution in [2.45, 2.75) is 32.6 Å². The molecule has 2 fully saturated rings. The number of nitrogens with zero attached hydrogens (tertiary/aromatic N) is 5. The zero-order chi connectivity index (χ0) is 23.2. The Hall–Kier alpha value is -2.45. The van der Waals surface area contributed by atoms with Crippen LogP contribution in [-0.4, -0.2) is 84.2 Å².